The lowest BCUT2D eigenvalue weighted by Gasteiger charge is -2.23. The molecule has 0 amide bonds. The zero-order chi connectivity index (χ0) is 10.8. The lowest BCUT2D eigenvalue weighted by Crippen LogP contribution is -2.23. The Labute approximate surface area is 93.7 Å². The highest BCUT2D eigenvalue weighted by Gasteiger charge is 2.20. The lowest BCUT2D eigenvalue weighted by atomic mass is 10.1. The van der Waals surface area contributed by atoms with Crippen LogP contribution in [0.1, 0.15) is 27.9 Å². The molecule has 82 valence electrons. The molecule has 0 aliphatic carbocycles. The van der Waals surface area contributed by atoms with E-state index in [4.69, 9.17) is 4.74 Å². The van der Waals surface area contributed by atoms with Crippen LogP contribution in [-0.4, -0.2) is 26.2 Å². The SMILES string of the molecule is CCOC(=O)c1cc2c(s1)CCCN2C. The molecule has 0 saturated heterocycles. The summed E-state index contributed by atoms with van der Waals surface area (Å²) in [5.41, 5.74) is 1.20. The fourth-order valence-electron chi connectivity index (χ4n) is 1.82. The number of ether oxygens (including phenoxy) is 1. The van der Waals surface area contributed by atoms with E-state index >= 15 is 0 Å². The summed E-state index contributed by atoms with van der Waals surface area (Å²) in [7, 11) is 2.07. The first-order valence-corrected chi connectivity index (χ1v) is 6.05. The number of nitrogens with zero attached hydrogens (tertiary/aromatic N) is 1. The van der Waals surface area contributed by atoms with E-state index in [1.807, 2.05) is 13.0 Å². The zero-order valence-corrected chi connectivity index (χ0v) is 9.89. The number of esters is 1. The number of rotatable bonds is 2. The average Bonchev–Trinajstić information content (AvgIpc) is 2.63. The number of aryl methyl sites for hydroxylation is 1. The van der Waals surface area contributed by atoms with Crippen molar-refractivity contribution in [1.29, 1.82) is 0 Å². The van der Waals surface area contributed by atoms with Crippen LogP contribution in [0.4, 0.5) is 5.69 Å². The van der Waals surface area contributed by atoms with Gasteiger partial charge in [-0.05, 0) is 25.8 Å². The predicted octanol–water partition coefficient (Wildman–Crippen LogP) is 2.31. The van der Waals surface area contributed by atoms with Crippen molar-refractivity contribution in [3.8, 4) is 0 Å². The minimum atomic E-state index is -0.190. The largest absolute Gasteiger partial charge is 0.462 e. The van der Waals surface area contributed by atoms with Crippen molar-refractivity contribution in [3.63, 3.8) is 0 Å². The van der Waals surface area contributed by atoms with Crippen LogP contribution in [0.3, 0.4) is 0 Å². The minimum Gasteiger partial charge on any atom is -0.462 e. The van der Waals surface area contributed by atoms with Crippen molar-refractivity contribution in [2.75, 3.05) is 25.1 Å². The summed E-state index contributed by atoms with van der Waals surface area (Å²) < 4.78 is 4.99. The molecule has 4 heteroatoms. The highest BCUT2D eigenvalue weighted by atomic mass is 32.1. The van der Waals surface area contributed by atoms with Gasteiger partial charge in [-0.2, -0.15) is 0 Å². The van der Waals surface area contributed by atoms with Gasteiger partial charge in [-0.15, -0.1) is 11.3 Å². The van der Waals surface area contributed by atoms with Gasteiger partial charge >= 0.3 is 5.97 Å². The van der Waals surface area contributed by atoms with Crippen LogP contribution in [0.15, 0.2) is 6.07 Å². The molecule has 1 aromatic rings. The normalized spacial score (nSPS) is 14.9. The maximum Gasteiger partial charge on any atom is 0.348 e. The van der Waals surface area contributed by atoms with Gasteiger partial charge in [0.25, 0.3) is 0 Å². The monoisotopic (exact) mass is 225 g/mol. The van der Waals surface area contributed by atoms with Gasteiger partial charge in [0, 0.05) is 18.5 Å². The maximum absolute atomic E-state index is 11.5. The molecule has 0 bridgehead atoms. The van der Waals surface area contributed by atoms with E-state index in [-0.39, 0.29) is 5.97 Å². The number of hydrogen-bond acceptors (Lipinski definition) is 4. The first kappa shape index (κ1) is 10.5. The summed E-state index contributed by atoms with van der Waals surface area (Å²) in [4.78, 5) is 15.8. The molecule has 0 aromatic carbocycles. The third kappa shape index (κ3) is 2.00. The van der Waals surface area contributed by atoms with Crippen LogP contribution in [0, 0.1) is 0 Å². The Morgan fingerprint density at radius 2 is 2.47 bits per heavy atom. The van der Waals surface area contributed by atoms with Gasteiger partial charge in [0.05, 0.1) is 12.3 Å². The van der Waals surface area contributed by atoms with Crippen molar-refractivity contribution >= 4 is 23.0 Å². The second-order valence-electron chi connectivity index (χ2n) is 3.66. The van der Waals surface area contributed by atoms with E-state index < -0.39 is 0 Å². The van der Waals surface area contributed by atoms with Gasteiger partial charge in [-0.1, -0.05) is 0 Å². The minimum absolute atomic E-state index is 0.190. The number of hydrogen-bond donors (Lipinski definition) is 0. The number of fused-ring (bicyclic) bond motifs is 1. The fourth-order valence-corrected chi connectivity index (χ4v) is 2.97. The topological polar surface area (TPSA) is 29.5 Å². The third-order valence-corrected chi connectivity index (χ3v) is 3.74. The summed E-state index contributed by atoms with van der Waals surface area (Å²) >= 11 is 1.57. The van der Waals surface area contributed by atoms with Crippen molar-refractivity contribution in [3.05, 3.63) is 15.8 Å². The first-order chi connectivity index (χ1) is 7.22. The van der Waals surface area contributed by atoms with Crippen LogP contribution < -0.4 is 4.90 Å². The molecule has 0 fully saturated rings. The second kappa shape index (κ2) is 4.23. The van der Waals surface area contributed by atoms with Gasteiger partial charge in [0.15, 0.2) is 0 Å². The maximum atomic E-state index is 11.5. The molecule has 3 nitrogen and oxygen atoms in total. The summed E-state index contributed by atoms with van der Waals surface area (Å²) in [6.07, 6.45) is 2.26. The standard InChI is InChI=1S/C11H15NO2S/c1-3-14-11(13)10-7-8-9(15-10)5-4-6-12(8)2/h7H,3-6H2,1-2H3. The molecule has 0 N–H and O–H groups in total. The Kier molecular flexibility index (Phi) is 2.95. The molecule has 1 aliphatic rings. The van der Waals surface area contributed by atoms with E-state index in [2.05, 4.69) is 11.9 Å². The Bertz CT molecular complexity index is 373. The third-order valence-electron chi connectivity index (χ3n) is 2.57. The highest BCUT2D eigenvalue weighted by molar-refractivity contribution is 7.14. The predicted molar refractivity (Wildman–Crippen MR) is 61.9 cm³/mol. The highest BCUT2D eigenvalue weighted by Crippen LogP contribution is 2.34. The van der Waals surface area contributed by atoms with Crippen LogP contribution in [0.5, 0.6) is 0 Å². The Hall–Kier alpha value is -1.03. The number of carbonyl (C=O) groups is 1. The summed E-state index contributed by atoms with van der Waals surface area (Å²) in [6.45, 7) is 3.35. The van der Waals surface area contributed by atoms with E-state index in [1.165, 1.54) is 17.0 Å². The van der Waals surface area contributed by atoms with Gasteiger partial charge in [0.1, 0.15) is 4.88 Å². The Balaban J connectivity index is 2.25. The van der Waals surface area contributed by atoms with Crippen molar-refractivity contribution in [2.45, 2.75) is 19.8 Å². The summed E-state index contributed by atoms with van der Waals surface area (Å²) in [6, 6.07) is 1.96. The van der Waals surface area contributed by atoms with E-state index in [0.717, 1.165) is 17.8 Å². The second-order valence-corrected chi connectivity index (χ2v) is 4.80. The summed E-state index contributed by atoms with van der Waals surface area (Å²) in [5.74, 6) is -0.190. The van der Waals surface area contributed by atoms with Crippen LogP contribution in [0.2, 0.25) is 0 Å². The summed E-state index contributed by atoms with van der Waals surface area (Å²) in [5, 5.41) is 0. The molecule has 1 aromatic heterocycles. The Morgan fingerprint density at radius 1 is 1.67 bits per heavy atom. The molecule has 1 aliphatic heterocycles. The smallest absolute Gasteiger partial charge is 0.348 e. The van der Waals surface area contributed by atoms with Crippen LogP contribution >= 0.6 is 11.3 Å². The van der Waals surface area contributed by atoms with Crippen LogP contribution in [-0.2, 0) is 11.2 Å². The lowest BCUT2D eigenvalue weighted by molar-refractivity contribution is 0.0532. The van der Waals surface area contributed by atoms with Crippen molar-refractivity contribution < 1.29 is 9.53 Å². The molecular weight excluding hydrogens is 210 g/mol. The van der Waals surface area contributed by atoms with E-state index in [0.29, 0.717) is 6.61 Å². The number of carbonyl (C=O) groups excluding carboxylic acids is 1. The van der Waals surface area contributed by atoms with E-state index in [9.17, 15) is 4.79 Å². The number of thiophene rings is 1. The Morgan fingerprint density at radius 3 is 3.13 bits per heavy atom. The molecule has 0 unspecified atom stereocenters. The molecule has 0 atom stereocenters. The fraction of sp³-hybridized carbons (Fsp3) is 0.545. The van der Waals surface area contributed by atoms with Crippen molar-refractivity contribution in [2.24, 2.45) is 0 Å². The zero-order valence-electron chi connectivity index (χ0n) is 9.08. The molecule has 2 rings (SSSR count). The van der Waals surface area contributed by atoms with Gasteiger partial charge in [-0.25, -0.2) is 4.79 Å². The van der Waals surface area contributed by atoms with Crippen molar-refractivity contribution in [1.82, 2.24) is 0 Å². The van der Waals surface area contributed by atoms with Gasteiger partial charge in [-0.3, -0.25) is 0 Å². The molecule has 0 saturated carbocycles. The van der Waals surface area contributed by atoms with Crippen LogP contribution in [0.25, 0.3) is 0 Å². The van der Waals surface area contributed by atoms with Gasteiger partial charge in [0.2, 0.25) is 0 Å². The quantitative estimate of drug-likeness (QED) is 0.723. The van der Waals surface area contributed by atoms with E-state index in [1.54, 1.807) is 11.3 Å². The molecule has 0 spiro atoms. The molecular formula is C11H15NO2S. The molecule has 0 radical (unpaired) electrons. The average molecular weight is 225 g/mol. The first-order valence-electron chi connectivity index (χ1n) is 5.23. The van der Waals surface area contributed by atoms with Gasteiger partial charge < -0.3 is 9.64 Å². The molecule has 2 heterocycles. The number of anilines is 1. The molecule has 15 heavy (non-hydrogen) atoms.